The SMILES string of the molecule is CN1CCN(Cc2ccc([N+](=O)[O-])cc2)P12=NP(N1CCCCC1)(N1CCCCC1)=NP(N1CCCCC1)(N1CCCCC1)=N2. The normalized spacial score (nSPS) is 30.9. The van der Waals surface area contributed by atoms with E-state index in [1.54, 1.807) is 12.1 Å². The number of nitro benzene ring substituents is 1. The predicted molar refractivity (Wildman–Crippen MR) is 186 cm³/mol. The van der Waals surface area contributed by atoms with Gasteiger partial charge in [0.2, 0.25) is 22.5 Å². The van der Waals surface area contributed by atoms with Crippen LogP contribution in [0.3, 0.4) is 0 Å². The summed E-state index contributed by atoms with van der Waals surface area (Å²) in [5.41, 5.74) is 1.25. The van der Waals surface area contributed by atoms with Crippen molar-refractivity contribution in [3.05, 3.63) is 39.9 Å². The van der Waals surface area contributed by atoms with E-state index in [2.05, 4.69) is 35.1 Å². The zero-order valence-corrected chi connectivity index (χ0v) is 29.9. The van der Waals surface area contributed by atoms with E-state index in [0.29, 0.717) is 6.54 Å². The van der Waals surface area contributed by atoms with Crippen LogP contribution in [-0.2, 0) is 6.54 Å². The van der Waals surface area contributed by atoms with E-state index in [4.69, 9.17) is 13.5 Å². The van der Waals surface area contributed by atoms with Gasteiger partial charge in [0.05, 0.1) is 4.92 Å². The summed E-state index contributed by atoms with van der Waals surface area (Å²) >= 11 is 0. The Morgan fingerprint density at radius 1 is 0.578 bits per heavy atom. The number of nitrogens with zero attached hydrogens (tertiary/aromatic N) is 10. The monoisotopic (exact) mass is 678 g/mol. The highest BCUT2D eigenvalue weighted by molar-refractivity contribution is 7.83. The second-order valence-electron chi connectivity index (χ2n) is 13.6. The third-order valence-corrected chi connectivity index (χ3v) is 23.2. The molecule has 0 bridgehead atoms. The summed E-state index contributed by atoms with van der Waals surface area (Å²) < 4.78 is 35.1. The quantitative estimate of drug-likeness (QED) is 0.162. The molecule has 1 aromatic carbocycles. The molecule has 6 heterocycles. The Bertz CT molecular complexity index is 1300. The molecule has 0 aromatic heterocycles. The highest BCUT2D eigenvalue weighted by Gasteiger charge is 2.53. The summed E-state index contributed by atoms with van der Waals surface area (Å²) in [5.74, 6) is 0. The number of hydrogen-bond donors (Lipinski definition) is 0. The van der Waals surface area contributed by atoms with Crippen molar-refractivity contribution in [3.63, 3.8) is 0 Å². The van der Waals surface area contributed by atoms with Crippen molar-refractivity contribution >= 4 is 28.2 Å². The largest absolute Gasteiger partial charge is 0.269 e. The topological polar surface area (TPSA) is 99.7 Å². The third kappa shape index (κ3) is 6.22. The Morgan fingerprint density at radius 3 is 1.36 bits per heavy atom. The second-order valence-corrected chi connectivity index (χ2v) is 22.5. The molecule has 7 rings (SSSR count). The first-order chi connectivity index (χ1) is 22.0. The Kier molecular flexibility index (Phi) is 10.1. The molecule has 0 amide bonds. The molecule has 1 aromatic rings. The number of piperidine rings is 4. The van der Waals surface area contributed by atoms with Gasteiger partial charge in [-0.1, -0.05) is 37.8 Å². The molecule has 45 heavy (non-hydrogen) atoms. The smallest absolute Gasteiger partial charge is 0.258 e. The zero-order valence-electron chi connectivity index (χ0n) is 27.2. The molecule has 6 aliphatic rings. The lowest BCUT2D eigenvalue weighted by Gasteiger charge is -2.53. The Morgan fingerprint density at radius 2 is 0.956 bits per heavy atom. The number of non-ortho nitro benzene ring substituents is 1. The molecule has 0 N–H and O–H groups in total. The Hall–Kier alpha value is -0.930. The van der Waals surface area contributed by atoms with E-state index in [1.165, 1.54) is 77.0 Å². The molecular weight excluding hydrogens is 625 g/mol. The molecule has 1 atom stereocenters. The van der Waals surface area contributed by atoms with Crippen LogP contribution in [0.25, 0.3) is 0 Å². The third-order valence-electron chi connectivity index (χ3n) is 10.6. The maximum absolute atomic E-state index is 11.4. The lowest BCUT2D eigenvalue weighted by molar-refractivity contribution is -0.384. The van der Waals surface area contributed by atoms with Crippen molar-refractivity contribution in [1.29, 1.82) is 0 Å². The van der Waals surface area contributed by atoms with Gasteiger partial charge in [-0.25, -0.2) is 28.0 Å². The summed E-state index contributed by atoms with van der Waals surface area (Å²) in [5, 5.41) is 11.4. The maximum atomic E-state index is 11.4. The van der Waals surface area contributed by atoms with Gasteiger partial charge in [0.1, 0.15) is 0 Å². The summed E-state index contributed by atoms with van der Waals surface area (Å²) in [6, 6.07) is 7.19. The molecule has 1 unspecified atom stereocenters. The molecule has 6 aliphatic heterocycles. The zero-order chi connectivity index (χ0) is 30.9. The van der Waals surface area contributed by atoms with Crippen LogP contribution in [0, 0.1) is 10.1 Å². The van der Waals surface area contributed by atoms with Crippen LogP contribution >= 0.6 is 22.5 Å². The van der Waals surface area contributed by atoms with Crippen molar-refractivity contribution in [2.24, 2.45) is 13.5 Å². The van der Waals surface area contributed by atoms with Gasteiger partial charge >= 0.3 is 0 Å². The van der Waals surface area contributed by atoms with E-state index in [-0.39, 0.29) is 10.6 Å². The summed E-state index contributed by atoms with van der Waals surface area (Å²) in [7, 11) is -5.14. The van der Waals surface area contributed by atoms with Crippen molar-refractivity contribution < 1.29 is 4.92 Å². The van der Waals surface area contributed by atoms with Crippen LogP contribution in [0.2, 0.25) is 0 Å². The summed E-state index contributed by atoms with van der Waals surface area (Å²) in [4.78, 5) is 11.1. The van der Waals surface area contributed by atoms with Gasteiger partial charge in [0.25, 0.3) is 5.69 Å². The van der Waals surface area contributed by atoms with E-state index >= 15 is 0 Å². The first-order valence-corrected chi connectivity index (χ1v) is 22.4. The van der Waals surface area contributed by atoms with Crippen molar-refractivity contribution in [2.75, 3.05) is 72.5 Å². The molecular formula is C30H53N10O2P3. The van der Waals surface area contributed by atoms with Crippen LogP contribution in [0.1, 0.15) is 82.6 Å². The molecule has 5 saturated heterocycles. The molecule has 12 nitrogen and oxygen atoms in total. The minimum absolute atomic E-state index is 0.146. The minimum atomic E-state index is -2.53. The van der Waals surface area contributed by atoms with Gasteiger partial charge in [0.15, 0.2) is 0 Å². The van der Waals surface area contributed by atoms with Crippen molar-refractivity contribution in [2.45, 2.75) is 83.6 Å². The van der Waals surface area contributed by atoms with Gasteiger partial charge in [-0.05, 0) is 64.0 Å². The van der Waals surface area contributed by atoms with Crippen LogP contribution in [0.5, 0.6) is 0 Å². The number of likely N-dealkylation sites (N-methyl/N-ethyl adjacent to an activating group) is 1. The predicted octanol–water partition coefficient (Wildman–Crippen LogP) is 8.14. The van der Waals surface area contributed by atoms with Crippen LogP contribution < -0.4 is 0 Å². The van der Waals surface area contributed by atoms with E-state index in [9.17, 15) is 10.1 Å². The first kappa shape index (κ1) is 32.6. The van der Waals surface area contributed by atoms with Crippen LogP contribution in [-0.4, -0.2) is 105 Å². The molecule has 0 aliphatic carbocycles. The standard InChI is InChI=1S/C30H53N10O2P3/c1-34-26-27-39(28-29-14-16-30(17-15-29)40(41)42)43(34)31-44(35-18-6-2-7-19-35,36-20-8-3-9-21-36)33-45(32-43,37-22-10-4-11-23-37)38-24-12-5-13-25-38/h14-17H,2-13,18-28H2,1H3. The average molecular weight is 679 g/mol. The molecule has 0 radical (unpaired) electrons. The Balaban J connectivity index is 1.46. The Labute approximate surface area is 270 Å². The van der Waals surface area contributed by atoms with E-state index < -0.39 is 22.5 Å². The van der Waals surface area contributed by atoms with Crippen LogP contribution in [0.15, 0.2) is 37.8 Å². The van der Waals surface area contributed by atoms with Crippen molar-refractivity contribution in [1.82, 2.24) is 28.0 Å². The van der Waals surface area contributed by atoms with E-state index in [0.717, 1.165) is 71.0 Å². The van der Waals surface area contributed by atoms with Gasteiger partial charge in [0, 0.05) is 84.1 Å². The lowest BCUT2D eigenvalue weighted by atomic mass is 10.2. The van der Waals surface area contributed by atoms with Gasteiger partial charge < -0.3 is 0 Å². The first-order valence-electron chi connectivity index (χ1n) is 17.6. The second kappa shape index (κ2) is 13.9. The van der Waals surface area contributed by atoms with Gasteiger partial charge in [-0.15, -0.1) is 0 Å². The fourth-order valence-electron chi connectivity index (χ4n) is 8.03. The maximum Gasteiger partial charge on any atom is 0.269 e. The fourth-order valence-corrected chi connectivity index (χ4v) is 24.4. The molecule has 15 heteroatoms. The number of hydrogen-bond acceptors (Lipinski definition) is 11. The van der Waals surface area contributed by atoms with Crippen molar-refractivity contribution in [3.8, 4) is 0 Å². The fraction of sp³-hybridized carbons (Fsp3) is 0.800. The molecule has 1 spiro atoms. The summed E-state index contributed by atoms with van der Waals surface area (Å²) in [6.45, 7) is 11.3. The molecule has 0 saturated carbocycles. The average Bonchev–Trinajstić information content (AvgIpc) is 3.38. The number of rotatable bonds is 7. The van der Waals surface area contributed by atoms with Gasteiger partial charge in [-0.2, -0.15) is 13.5 Å². The molecule has 5 fully saturated rings. The highest BCUT2D eigenvalue weighted by Crippen LogP contribution is 2.84. The van der Waals surface area contributed by atoms with Gasteiger partial charge in [-0.3, -0.25) is 10.1 Å². The minimum Gasteiger partial charge on any atom is -0.258 e. The molecule has 250 valence electrons. The summed E-state index contributed by atoms with van der Waals surface area (Å²) in [6.07, 6.45) is 15.0. The van der Waals surface area contributed by atoms with E-state index in [1.807, 2.05) is 12.1 Å². The number of benzene rings is 1. The lowest BCUT2D eigenvalue weighted by Crippen LogP contribution is -2.41. The number of nitro groups is 1. The highest BCUT2D eigenvalue weighted by atomic mass is 31.3. The van der Waals surface area contributed by atoms with Crippen LogP contribution in [0.4, 0.5) is 5.69 Å².